The third kappa shape index (κ3) is 5.20. The van der Waals surface area contributed by atoms with E-state index in [1.807, 2.05) is 0 Å². The molecule has 0 radical (unpaired) electrons. The van der Waals surface area contributed by atoms with Gasteiger partial charge in [0.1, 0.15) is 23.2 Å². The number of benzene rings is 2. The molecule has 1 N–H and O–H groups in total. The Hall–Kier alpha value is -2.18. The molecule has 150 valence electrons. The molecule has 2 aromatic rings. The lowest BCUT2D eigenvalue weighted by molar-refractivity contribution is -0.133. The monoisotopic (exact) mass is 428 g/mol. The zero-order chi connectivity index (χ0) is 21.0. The molecule has 1 unspecified atom stereocenters. The minimum absolute atomic E-state index is 0.225. The second kappa shape index (κ2) is 9.34. The Balaban J connectivity index is 2.16. The van der Waals surface area contributed by atoms with Gasteiger partial charge in [-0.3, -0.25) is 9.59 Å². The Morgan fingerprint density at radius 1 is 1.07 bits per heavy atom. The lowest BCUT2D eigenvalue weighted by Crippen LogP contribution is -2.50. The van der Waals surface area contributed by atoms with Crippen LogP contribution in [0.2, 0.25) is 10.0 Å². The van der Waals surface area contributed by atoms with Gasteiger partial charge in [0, 0.05) is 13.6 Å². The molecule has 0 aromatic heterocycles. The number of hydrogen-bond acceptors (Lipinski definition) is 2. The third-order valence-electron chi connectivity index (χ3n) is 4.19. The highest BCUT2D eigenvalue weighted by molar-refractivity contribution is 6.42. The molecule has 0 aliphatic rings. The first kappa shape index (κ1) is 22.1. The van der Waals surface area contributed by atoms with Crippen molar-refractivity contribution in [2.24, 2.45) is 5.92 Å². The van der Waals surface area contributed by atoms with E-state index in [1.54, 1.807) is 39.1 Å². The maximum Gasteiger partial charge on any atom is 0.257 e. The van der Waals surface area contributed by atoms with Crippen LogP contribution in [-0.2, 0) is 11.3 Å². The minimum atomic E-state index is -0.989. The molecule has 0 aliphatic carbocycles. The van der Waals surface area contributed by atoms with E-state index in [2.05, 4.69) is 5.32 Å². The highest BCUT2D eigenvalue weighted by Crippen LogP contribution is 2.23. The Bertz CT molecular complexity index is 870. The number of hydrogen-bond donors (Lipinski definition) is 1. The fraction of sp³-hybridized carbons (Fsp3) is 0.300. The normalized spacial score (nSPS) is 12.0. The highest BCUT2D eigenvalue weighted by atomic mass is 35.5. The average Bonchev–Trinajstić information content (AvgIpc) is 2.61. The predicted octanol–water partition coefficient (Wildman–Crippen LogP) is 4.68. The molecule has 0 saturated heterocycles. The molecule has 28 heavy (non-hydrogen) atoms. The van der Waals surface area contributed by atoms with Gasteiger partial charge in [-0.05, 0) is 35.7 Å². The number of nitrogens with zero attached hydrogens (tertiary/aromatic N) is 1. The summed E-state index contributed by atoms with van der Waals surface area (Å²) >= 11 is 11.9. The van der Waals surface area contributed by atoms with E-state index in [4.69, 9.17) is 23.2 Å². The number of halogens is 4. The fourth-order valence-electron chi connectivity index (χ4n) is 2.67. The van der Waals surface area contributed by atoms with E-state index < -0.39 is 35.1 Å². The Labute approximate surface area is 172 Å². The summed E-state index contributed by atoms with van der Waals surface area (Å²) in [6.07, 6.45) is 0. The summed E-state index contributed by atoms with van der Waals surface area (Å²) in [6.45, 7) is 3.68. The molecule has 2 amide bonds. The summed E-state index contributed by atoms with van der Waals surface area (Å²) in [4.78, 5) is 26.6. The van der Waals surface area contributed by atoms with Crippen LogP contribution in [0.4, 0.5) is 8.78 Å². The molecule has 0 saturated carbocycles. The van der Waals surface area contributed by atoms with Gasteiger partial charge in [0.05, 0.1) is 10.0 Å². The van der Waals surface area contributed by atoms with Gasteiger partial charge < -0.3 is 10.2 Å². The van der Waals surface area contributed by atoms with Crippen molar-refractivity contribution in [1.82, 2.24) is 10.2 Å². The largest absolute Gasteiger partial charge is 0.340 e. The van der Waals surface area contributed by atoms with Crippen molar-refractivity contribution in [2.45, 2.75) is 26.4 Å². The van der Waals surface area contributed by atoms with Crippen LogP contribution >= 0.6 is 23.2 Å². The quantitative estimate of drug-likeness (QED) is 0.725. The number of carbonyl (C=O) groups is 2. The van der Waals surface area contributed by atoms with Crippen molar-refractivity contribution in [1.29, 1.82) is 0 Å². The van der Waals surface area contributed by atoms with Gasteiger partial charge in [0.25, 0.3) is 5.91 Å². The molecular weight excluding hydrogens is 409 g/mol. The van der Waals surface area contributed by atoms with E-state index in [0.717, 1.165) is 23.8 Å². The Morgan fingerprint density at radius 3 is 2.21 bits per heavy atom. The first-order valence-electron chi connectivity index (χ1n) is 8.55. The van der Waals surface area contributed by atoms with Crippen LogP contribution in [0.15, 0.2) is 36.4 Å². The van der Waals surface area contributed by atoms with Gasteiger partial charge >= 0.3 is 0 Å². The van der Waals surface area contributed by atoms with Crippen LogP contribution < -0.4 is 5.32 Å². The van der Waals surface area contributed by atoms with Crippen LogP contribution in [0.25, 0.3) is 0 Å². The maximum atomic E-state index is 13.9. The van der Waals surface area contributed by atoms with Gasteiger partial charge in [-0.2, -0.15) is 0 Å². The van der Waals surface area contributed by atoms with E-state index in [0.29, 0.717) is 10.0 Å². The molecule has 0 spiro atoms. The lowest BCUT2D eigenvalue weighted by atomic mass is 10.0. The smallest absolute Gasteiger partial charge is 0.257 e. The van der Waals surface area contributed by atoms with Crippen LogP contribution in [0.1, 0.15) is 29.8 Å². The number of carbonyl (C=O) groups excluding carboxylic acids is 2. The molecule has 1 atom stereocenters. The summed E-state index contributed by atoms with van der Waals surface area (Å²) in [5.74, 6) is -3.66. The second-order valence-corrected chi connectivity index (χ2v) is 7.55. The number of likely N-dealkylation sites (N-methyl/N-ethyl adjacent to an activating group) is 1. The van der Waals surface area contributed by atoms with E-state index in [-0.39, 0.29) is 12.5 Å². The molecule has 0 aliphatic heterocycles. The topological polar surface area (TPSA) is 49.4 Å². The Kier molecular flexibility index (Phi) is 7.38. The van der Waals surface area contributed by atoms with Gasteiger partial charge in [-0.1, -0.05) is 49.2 Å². The van der Waals surface area contributed by atoms with Crippen molar-refractivity contribution in [3.63, 3.8) is 0 Å². The predicted molar refractivity (Wildman–Crippen MR) is 105 cm³/mol. The fourth-order valence-corrected chi connectivity index (χ4v) is 2.99. The SMILES string of the molecule is CC(C)C(NC(=O)c1c(F)cccc1F)C(=O)N(C)Cc1ccc(Cl)c(Cl)c1. The molecule has 2 rings (SSSR count). The van der Waals surface area contributed by atoms with Crippen molar-refractivity contribution in [3.05, 3.63) is 69.2 Å². The molecule has 0 bridgehead atoms. The Morgan fingerprint density at radius 2 is 1.68 bits per heavy atom. The maximum absolute atomic E-state index is 13.9. The van der Waals surface area contributed by atoms with Crippen LogP contribution in [0, 0.1) is 17.6 Å². The molecule has 8 heteroatoms. The first-order chi connectivity index (χ1) is 13.1. The number of amides is 2. The first-order valence-corrected chi connectivity index (χ1v) is 9.31. The zero-order valence-corrected chi connectivity index (χ0v) is 17.1. The van der Waals surface area contributed by atoms with Gasteiger partial charge in [0.15, 0.2) is 0 Å². The third-order valence-corrected chi connectivity index (χ3v) is 4.93. The standard InChI is InChI=1S/C20H20Cl2F2N2O2/c1-11(2)18(25-19(27)17-15(23)5-4-6-16(17)24)20(28)26(3)10-12-7-8-13(21)14(22)9-12/h4-9,11,18H,10H2,1-3H3,(H,25,27). The lowest BCUT2D eigenvalue weighted by Gasteiger charge is -2.27. The highest BCUT2D eigenvalue weighted by Gasteiger charge is 2.29. The average molecular weight is 429 g/mol. The molecule has 0 heterocycles. The van der Waals surface area contributed by atoms with Gasteiger partial charge in [0.2, 0.25) is 5.91 Å². The summed E-state index contributed by atoms with van der Waals surface area (Å²) in [5.41, 5.74) is 0.0346. The molecule has 2 aromatic carbocycles. The van der Waals surface area contributed by atoms with Gasteiger partial charge in [-0.15, -0.1) is 0 Å². The number of rotatable bonds is 6. The van der Waals surface area contributed by atoms with Gasteiger partial charge in [-0.25, -0.2) is 8.78 Å². The van der Waals surface area contributed by atoms with Crippen molar-refractivity contribution >= 4 is 35.0 Å². The number of nitrogens with one attached hydrogen (secondary N) is 1. The summed E-state index contributed by atoms with van der Waals surface area (Å²) in [5, 5.41) is 3.21. The minimum Gasteiger partial charge on any atom is -0.340 e. The summed E-state index contributed by atoms with van der Waals surface area (Å²) in [7, 11) is 1.57. The summed E-state index contributed by atoms with van der Waals surface area (Å²) in [6, 6.07) is 7.18. The molecular formula is C20H20Cl2F2N2O2. The molecule has 0 fully saturated rings. The molecule has 4 nitrogen and oxygen atoms in total. The van der Waals surface area contributed by atoms with Crippen LogP contribution in [0.3, 0.4) is 0 Å². The van der Waals surface area contributed by atoms with E-state index >= 15 is 0 Å². The zero-order valence-electron chi connectivity index (χ0n) is 15.6. The second-order valence-electron chi connectivity index (χ2n) is 6.73. The van der Waals surface area contributed by atoms with Crippen molar-refractivity contribution < 1.29 is 18.4 Å². The van der Waals surface area contributed by atoms with Crippen molar-refractivity contribution in [3.8, 4) is 0 Å². The van der Waals surface area contributed by atoms with E-state index in [9.17, 15) is 18.4 Å². The van der Waals surface area contributed by atoms with Crippen LogP contribution in [0.5, 0.6) is 0 Å². The summed E-state index contributed by atoms with van der Waals surface area (Å²) < 4.78 is 27.7. The van der Waals surface area contributed by atoms with Crippen LogP contribution in [-0.4, -0.2) is 29.8 Å². The van der Waals surface area contributed by atoms with Crippen molar-refractivity contribution in [2.75, 3.05) is 7.05 Å². The van der Waals surface area contributed by atoms with E-state index in [1.165, 1.54) is 4.90 Å².